The zero-order chi connectivity index (χ0) is 13.5. The Morgan fingerprint density at radius 2 is 1.89 bits per heavy atom. The van der Waals surface area contributed by atoms with Gasteiger partial charge in [-0.05, 0) is 38.1 Å². The summed E-state index contributed by atoms with van der Waals surface area (Å²) < 4.78 is 0. The lowest BCUT2D eigenvalue weighted by Gasteiger charge is -2.11. The second-order valence-electron chi connectivity index (χ2n) is 3.94. The highest BCUT2D eigenvalue weighted by Gasteiger charge is 2.01. The Bertz CT molecular complexity index is 436. The second-order valence-corrected chi connectivity index (χ2v) is 4.37. The molecular weight excluding hydrogens is 250 g/mol. The Balaban J connectivity index is 2.66. The maximum atomic E-state index is 5.81. The summed E-state index contributed by atoms with van der Waals surface area (Å²) in [6, 6.07) is 7.42. The molecule has 0 saturated carbocycles. The Hall–Kier alpha value is -1.75. The zero-order valence-electron chi connectivity index (χ0n) is 10.7. The molecule has 98 valence electrons. The highest BCUT2D eigenvalue weighted by atomic mass is 35.5. The van der Waals surface area contributed by atoms with Crippen LogP contribution in [-0.2, 0) is 0 Å². The number of aliphatic imine (C=N–C) groups is 2. The molecule has 0 saturated heterocycles. The van der Waals surface area contributed by atoms with Crippen molar-refractivity contribution < 1.29 is 0 Å². The molecule has 1 aromatic carbocycles. The Labute approximate surface area is 112 Å². The fourth-order valence-electron chi connectivity index (χ4n) is 1.24. The standard InChI is InChI=1S/C12H18ClN5/c1-8(2)16-11(14)18-12(15-3)17-10-6-4-9(13)5-7-10/h4-8H,1-3H3,(H4,14,15,16,17,18). The van der Waals surface area contributed by atoms with Gasteiger partial charge in [0.25, 0.3) is 0 Å². The molecule has 0 amide bonds. The normalized spacial score (nSPS) is 12.7. The van der Waals surface area contributed by atoms with Crippen LogP contribution in [0.1, 0.15) is 13.8 Å². The van der Waals surface area contributed by atoms with Gasteiger partial charge in [-0.15, -0.1) is 0 Å². The molecule has 5 nitrogen and oxygen atoms in total. The van der Waals surface area contributed by atoms with Crippen molar-refractivity contribution in [3.63, 3.8) is 0 Å². The first-order chi connectivity index (χ1) is 8.51. The molecule has 0 radical (unpaired) electrons. The molecule has 0 aliphatic heterocycles. The van der Waals surface area contributed by atoms with Crippen molar-refractivity contribution in [2.45, 2.75) is 19.9 Å². The first-order valence-corrected chi connectivity index (χ1v) is 5.98. The van der Waals surface area contributed by atoms with E-state index in [1.165, 1.54) is 0 Å². The zero-order valence-corrected chi connectivity index (χ0v) is 11.5. The number of anilines is 1. The fraction of sp³-hybridized carbons (Fsp3) is 0.333. The van der Waals surface area contributed by atoms with Crippen LogP contribution < -0.4 is 16.4 Å². The minimum absolute atomic E-state index is 0.131. The van der Waals surface area contributed by atoms with Gasteiger partial charge in [0.05, 0.1) is 0 Å². The van der Waals surface area contributed by atoms with Crippen molar-refractivity contribution in [2.24, 2.45) is 15.7 Å². The van der Waals surface area contributed by atoms with Crippen molar-refractivity contribution >= 4 is 29.2 Å². The summed E-state index contributed by atoms with van der Waals surface area (Å²) in [7, 11) is 1.66. The summed E-state index contributed by atoms with van der Waals surface area (Å²) in [5.74, 6) is 0.853. The summed E-state index contributed by atoms with van der Waals surface area (Å²) in [6.45, 7) is 3.90. The number of guanidine groups is 2. The highest BCUT2D eigenvalue weighted by Crippen LogP contribution is 2.12. The maximum Gasteiger partial charge on any atom is 0.202 e. The predicted octanol–water partition coefficient (Wildman–Crippen LogP) is 2.05. The van der Waals surface area contributed by atoms with Crippen molar-refractivity contribution in [1.82, 2.24) is 5.32 Å². The predicted molar refractivity (Wildman–Crippen MR) is 78.3 cm³/mol. The van der Waals surface area contributed by atoms with E-state index < -0.39 is 0 Å². The number of nitrogens with zero attached hydrogens (tertiary/aromatic N) is 2. The van der Waals surface area contributed by atoms with Gasteiger partial charge in [-0.3, -0.25) is 15.3 Å². The second kappa shape index (κ2) is 6.86. The summed E-state index contributed by atoms with van der Waals surface area (Å²) in [4.78, 5) is 8.22. The summed E-state index contributed by atoms with van der Waals surface area (Å²) >= 11 is 5.81. The Morgan fingerprint density at radius 1 is 1.28 bits per heavy atom. The van der Waals surface area contributed by atoms with Crippen LogP contribution in [0.5, 0.6) is 0 Å². The van der Waals surface area contributed by atoms with Gasteiger partial charge in [0.15, 0.2) is 5.96 Å². The van der Waals surface area contributed by atoms with Gasteiger partial charge in [-0.1, -0.05) is 11.6 Å². The van der Waals surface area contributed by atoms with Gasteiger partial charge in [0, 0.05) is 23.8 Å². The minimum atomic E-state index is 0.131. The van der Waals surface area contributed by atoms with E-state index in [2.05, 4.69) is 20.6 Å². The summed E-state index contributed by atoms with van der Waals surface area (Å²) in [5.41, 5.74) is 6.59. The molecule has 0 atom stereocenters. The molecule has 4 N–H and O–H groups in total. The first-order valence-electron chi connectivity index (χ1n) is 5.61. The average Bonchev–Trinajstić information content (AvgIpc) is 2.30. The van der Waals surface area contributed by atoms with Crippen LogP contribution in [-0.4, -0.2) is 25.0 Å². The number of benzene rings is 1. The van der Waals surface area contributed by atoms with Crippen LogP contribution in [0.4, 0.5) is 5.69 Å². The van der Waals surface area contributed by atoms with Gasteiger partial charge < -0.3 is 11.1 Å². The number of halogens is 1. The van der Waals surface area contributed by atoms with Gasteiger partial charge >= 0.3 is 0 Å². The van der Waals surface area contributed by atoms with E-state index in [9.17, 15) is 0 Å². The van der Waals surface area contributed by atoms with Crippen molar-refractivity contribution in [3.8, 4) is 0 Å². The number of nitrogens with one attached hydrogen (secondary N) is 2. The third kappa shape index (κ3) is 5.05. The van der Waals surface area contributed by atoms with E-state index in [1.54, 1.807) is 19.2 Å². The molecule has 0 fully saturated rings. The van der Waals surface area contributed by atoms with Crippen LogP contribution in [0.3, 0.4) is 0 Å². The van der Waals surface area contributed by atoms with Gasteiger partial charge in [0.1, 0.15) is 0 Å². The molecule has 0 heterocycles. The van der Waals surface area contributed by atoms with E-state index in [1.807, 2.05) is 26.0 Å². The smallest absolute Gasteiger partial charge is 0.202 e. The van der Waals surface area contributed by atoms with E-state index in [4.69, 9.17) is 17.3 Å². The van der Waals surface area contributed by atoms with Crippen LogP contribution in [0.2, 0.25) is 5.02 Å². The molecule has 0 aliphatic rings. The first kappa shape index (κ1) is 14.3. The molecule has 0 spiro atoms. The number of hydrogen-bond acceptors (Lipinski definition) is 2. The van der Waals surface area contributed by atoms with Crippen LogP contribution in [0.15, 0.2) is 34.3 Å². The summed E-state index contributed by atoms with van der Waals surface area (Å²) in [6.07, 6.45) is 0. The van der Waals surface area contributed by atoms with Crippen molar-refractivity contribution in [1.29, 1.82) is 0 Å². The van der Waals surface area contributed by atoms with Gasteiger partial charge in [-0.2, -0.15) is 0 Å². The van der Waals surface area contributed by atoms with Crippen molar-refractivity contribution in [2.75, 3.05) is 12.4 Å². The monoisotopic (exact) mass is 267 g/mol. The number of hydrogen-bond donors (Lipinski definition) is 3. The maximum absolute atomic E-state index is 5.81. The number of nitrogens with two attached hydrogens (primary N) is 1. The minimum Gasteiger partial charge on any atom is -0.370 e. The van der Waals surface area contributed by atoms with Crippen LogP contribution in [0, 0.1) is 0 Å². The quantitative estimate of drug-likeness (QED) is 0.567. The molecular formula is C12H18ClN5. The molecule has 0 aromatic heterocycles. The lowest BCUT2D eigenvalue weighted by molar-refractivity contribution is 0.827. The molecule has 0 unspecified atom stereocenters. The highest BCUT2D eigenvalue weighted by molar-refractivity contribution is 6.30. The summed E-state index contributed by atoms with van der Waals surface area (Å²) in [5, 5.41) is 6.66. The van der Waals surface area contributed by atoms with Crippen molar-refractivity contribution in [3.05, 3.63) is 29.3 Å². The molecule has 1 rings (SSSR count). The average molecular weight is 268 g/mol. The SMILES string of the molecule is CN=C(NC(N)=NC(C)C)Nc1ccc(Cl)cc1. The molecule has 6 heteroatoms. The lowest BCUT2D eigenvalue weighted by atomic mass is 10.3. The topological polar surface area (TPSA) is 74.8 Å². The number of rotatable bonds is 2. The molecule has 1 aromatic rings. The Kier molecular flexibility index (Phi) is 5.45. The fourth-order valence-corrected chi connectivity index (χ4v) is 1.37. The third-order valence-corrected chi connectivity index (χ3v) is 2.23. The largest absolute Gasteiger partial charge is 0.370 e. The van der Waals surface area contributed by atoms with Gasteiger partial charge in [-0.25, -0.2) is 0 Å². The van der Waals surface area contributed by atoms with E-state index in [0.29, 0.717) is 16.9 Å². The molecule has 0 aliphatic carbocycles. The van der Waals surface area contributed by atoms with Crippen LogP contribution in [0.25, 0.3) is 0 Å². The lowest BCUT2D eigenvalue weighted by Crippen LogP contribution is -2.41. The third-order valence-electron chi connectivity index (χ3n) is 1.97. The van der Waals surface area contributed by atoms with Gasteiger partial charge in [0.2, 0.25) is 5.96 Å². The van der Waals surface area contributed by atoms with E-state index >= 15 is 0 Å². The molecule has 18 heavy (non-hydrogen) atoms. The molecule has 0 bridgehead atoms. The van der Waals surface area contributed by atoms with E-state index in [0.717, 1.165) is 5.69 Å². The van der Waals surface area contributed by atoms with Crippen LogP contribution >= 0.6 is 11.6 Å². The van der Waals surface area contributed by atoms with E-state index in [-0.39, 0.29) is 6.04 Å². The Morgan fingerprint density at radius 3 is 2.39 bits per heavy atom.